The summed E-state index contributed by atoms with van der Waals surface area (Å²) in [6.45, 7) is 1.94. The van der Waals surface area contributed by atoms with Crippen molar-refractivity contribution in [3.63, 3.8) is 0 Å². The maximum Gasteiger partial charge on any atom is 0.128 e. The quantitative estimate of drug-likeness (QED) is 0.735. The lowest BCUT2D eigenvalue weighted by Gasteiger charge is -2.22. The fourth-order valence-corrected chi connectivity index (χ4v) is 3.08. The van der Waals surface area contributed by atoms with Gasteiger partial charge in [0.25, 0.3) is 0 Å². The monoisotopic (exact) mass is 332 g/mol. The van der Waals surface area contributed by atoms with Crippen molar-refractivity contribution >= 4 is 5.69 Å². The number of ether oxygens (including phenoxy) is 1. The van der Waals surface area contributed by atoms with Crippen molar-refractivity contribution in [2.45, 2.75) is 6.42 Å². The van der Waals surface area contributed by atoms with Gasteiger partial charge < -0.3 is 14.9 Å². The van der Waals surface area contributed by atoms with Gasteiger partial charge in [0, 0.05) is 18.7 Å². The molecule has 0 spiro atoms. The lowest BCUT2D eigenvalue weighted by Crippen LogP contribution is -2.30. The highest BCUT2D eigenvalue weighted by Gasteiger charge is 2.17. The number of nitrogens with one attached hydrogen (secondary N) is 1. The van der Waals surface area contributed by atoms with E-state index in [-0.39, 0.29) is 5.75 Å². The van der Waals surface area contributed by atoms with Crippen molar-refractivity contribution in [2.24, 2.45) is 0 Å². The smallest absolute Gasteiger partial charge is 0.128 e. The van der Waals surface area contributed by atoms with E-state index >= 15 is 0 Å². The fourth-order valence-electron chi connectivity index (χ4n) is 3.08. The highest BCUT2D eigenvalue weighted by molar-refractivity contribution is 5.80. The van der Waals surface area contributed by atoms with Gasteiger partial charge in [-0.3, -0.25) is 0 Å². The van der Waals surface area contributed by atoms with Crippen molar-refractivity contribution in [3.05, 3.63) is 72.8 Å². The molecular weight excluding hydrogens is 312 g/mol. The second-order valence-corrected chi connectivity index (χ2v) is 6.06. The molecule has 0 unspecified atom stereocenters. The number of hydrazine groups is 1. The average molecular weight is 332 g/mol. The van der Waals surface area contributed by atoms with Gasteiger partial charge in [0.2, 0.25) is 0 Å². The second-order valence-electron chi connectivity index (χ2n) is 6.06. The van der Waals surface area contributed by atoms with Gasteiger partial charge in [-0.2, -0.15) is 0 Å². The highest BCUT2D eigenvalue weighted by Crippen LogP contribution is 2.36. The zero-order valence-electron chi connectivity index (χ0n) is 13.9. The van der Waals surface area contributed by atoms with Crippen LogP contribution in [0.25, 0.3) is 11.1 Å². The Bertz CT molecular complexity index is 859. The first kappa shape index (κ1) is 15.5. The fraction of sp³-hybridized carbons (Fsp3) is 0.143. The Morgan fingerprint density at radius 1 is 0.880 bits per heavy atom. The van der Waals surface area contributed by atoms with Gasteiger partial charge in [-0.25, -0.2) is 5.43 Å². The Kier molecular flexibility index (Phi) is 4.27. The number of hydrogen-bond donors (Lipinski definition) is 2. The summed E-state index contributed by atoms with van der Waals surface area (Å²) >= 11 is 0. The Morgan fingerprint density at radius 2 is 1.76 bits per heavy atom. The number of anilines is 1. The zero-order valence-corrected chi connectivity index (χ0v) is 13.9. The molecule has 1 aliphatic rings. The summed E-state index contributed by atoms with van der Waals surface area (Å²) in [5, 5.41) is 12.0. The van der Waals surface area contributed by atoms with Crippen LogP contribution in [0.5, 0.6) is 17.2 Å². The lowest BCUT2D eigenvalue weighted by atomic mass is 10.0. The van der Waals surface area contributed by atoms with Crippen LogP contribution >= 0.6 is 0 Å². The minimum Gasteiger partial charge on any atom is -0.508 e. The van der Waals surface area contributed by atoms with Crippen molar-refractivity contribution in [1.29, 1.82) is 0 Å². The molecule has 1 saturated heterocycles. The third kappa shape index (κ3) is 3.44. The summed E-state index contributed by atoms with van der Waals surface area (Å²) in [5.74, 6) is 1.83. The minimum atomic E-state index is 0.257. The molecule has 4 rings (SSSR count). The van der Waals surface area contributed by atoms with Crippen LogP contribution in [0.3, 0.4) is 0 Å². The third-order valence-electron chi connectivity index (χ3n) is 4.26. The first-order chi connectivity index (χ1) is 12.3. The number of phenols is 1. The Morgan fingerprint density at radius 3 is 2.52 bits per heavy atom. The van der Waals surface area contributed by atoms with Crippen LogP contribution in [-0.4, -0.2) is 18.2 Å². The summed E-state index contributed by atoms with van der Waals surface area (Å²) < 4.78 is 5.99. The molecule has 25 heavy (non-hydrogen) atoms. The molecule has 4 nitrogen and oxygen atoms in total. The molecular formula is C21H20N2O2. The van der Waals surface area contributed by atoms with Crippen LogP contribution < -0.4 is 15.2 Å². The van der Waals surface area contributed by atoms with Crippen LogP contribution in [0.2, 0.25) is 0 Å². The van der Waals surface area contributed by atoms with Crippen molar-refractivity contribution < 1.29 is 9.84 Å². The van der Waals surface area contributed by atoms with E-state index in [0.29, 0.717) is 0 Å². The predicted octanol–water partition coefficient (Wildman–Crippen LogP) is 4.57. The van der Waals surface area contributed by atoms with Gasteiger partial charge in [0.15, 0.2) is 0 Å². The Hall–Kier alpha value is -2.98. The van der Waals surface area contributed by atoms with Crippen molar-refractivity contribution in [1.82, 2.24) is 5.43 Å². The van der Waals surface area contributed by atoms with E-state index in [9.17, 15) is 5.11 Å². The molecule has 3 aromatic carbocycles. The summed E-state index contributed by atoms with van der Waals surface area (Å²) in [4.78, 5) is 0. The van der Waals surface area contributed by atoms with Crippen LogP contribution in [0.15, 0.2) is 72.8 Å². The summed E-state index contributed by atoms with van der Waals surface area (Å²) in [5.41, 5.74) is 6.47. The molecule has 0 amide bonds. The Balaban J connectivity index is 1.75. The number of aromatic hydroxyl groups is 1. The molecule has 2 N–H and O–H groups in total. The van der Waals surface area contributed by atoms with Crippen LogP contribution in [0, 0.1) is 0 Å². The molecule has 1 fully saturated rings. The van der Waals surface area contributed by atoms with Gasteiger partial charge in [-0.05, 0) is 54.4 Å². The summed E-state index contributed by atoms with van der Waals surface area (Å²) in [7, 11) is 0. The molecule has 4 heteroatoms. The summed E-state index contributed by atoms with van der Waals surface area (Å²) in [6, 6.07) is 23.1. The molecule has 1 aliphatic heterocycles. The predicted molar refractivity (Wildman–Crippen MR) is 100 cm³/mol. The molecule has 126 valence electrons. The third-order valence-corrected chi connectivity index (χ3v) is 4.26. The van der Waals surface area contributed by atoms with Crippen LogP contribution in [0.1, 0.15) is 6.42 Å². The number of phenolic OH excluding ortho intramolecular Hbond substituents is 1. The first-order valence-corrected chi connectivity index (χ1v) is 8.47. The van der Waals surface area contributed by atoms with E-state index in [1.807, 2.05) is 54.6 Å². The SMILES string of the molecule is Oc1cccc(-c2cc(Oc3ccccc3)ccc2N2CCCN2)c1. The number of rotatable bonds is 4. The van der Waals surface area contributed by atoms with Crippen LogP contribution in [-0.2, 0) is 0 Å². The highest BCUT2D eigenvalue weighted by atomic mass is 16.5. The molecule has 0 aliphatic carbocycles. The largest absolute Gasteiger partial charge is 0.508 e. The zero-order chi connectivity index (χ0) is 17.1. The topological polar surface area (TPSA) is 44.7 Å². The molecule has 3 aromatic rings. The van der Waals surface area contributed by atoms with Gasteiger partial charge >= 0.3 is 0 Å². The summed E-state index contributed by atoms with van der Waals surface area (Å²) in [6.07, 6.45) is 1.11. The van der Waals surface area contributed by atoms with E-state index < -0.39 is 0 Å². The van der Waals surface area contributed by atoms with Gasteiger partial charge in [-0.15, -0.1) is 0 Å². The number of para-hydroxylation sites is 1. The maximum atomic E-state index is 9.87. The maximum absolute atomic E-state index is 9.87. The molecule has 1 heterocycles. The number of hydrogen-bond acceptors (Lipinski definition) is 4. The minimum absolute atomic E-state index is 0.257. The number of nitrogens with zero attached hydrogens (tertiary/aromatic N) is 1. The van der Waals surface area contributed by atoms with Gasteiger partial charge in [-0.1, -0.05) is 30.3 Å². The van der Waals surface area contributed by atoms with Crippen molar-refractivity contribution in [2.75, 3.05) is 18.1 Å². The molecule has 0 bridgehead atoms. The Labute approximate surface area is 147 Å². The molecule has 0 radical (unpaired) electrons. The van der Waals surface area contributed by atoms with Gasteiger partial charge in [0.05, 0.1) is 5.69 Å². The van der Waals surface area contributed by atoms with E-state index in [2.05, 4.69) is 16.5 Å². The van der Waals surface area contributed by atoms with E-state index in [1.54, 1.807) is 12.1 Å². The number of benzene rings is 3. The van der Waals surface area contributed by atoms with Crippen LogP contribution in [0.4, 0.5) is 5.69 Å². The molecule has 0 atom stereocenters. The second kappa shape index (κ2) is 6.87. The van der Waals surface area contributed by atoms with E-state index in [4.69, 9.17) is 4.74 Å². The standard InChI is InChI=1S/C21H20N2O2/c24-17-7-4-6-16(14-17)20-15-19(25-18-8-2-1-3-9-18)10-11-21(20)23-13-5-12-22-23/h1-4,6-11,14-15,22,24H,5,12-13H2. The molecule has 0 saturated carbocycles. The van der Waals surface area contributed by atoms with E-state index in [0.717, 1.165) is 47.8 Å². The van der Waals surface area contributed by atoms with Crippen molar-refractivity contribution in [3.8, 4) is 28.4 Å². The molecule has 0 aromatic heterocycles. The normalized spacial score (nSPS) is 13.8. The first-order valence-electron chi connectivity index (χ1n) is 8.47. The van der Waals surface area contributed by atoms with Gasteiger partial charge in [0.1, 0.15) is 17.2 Å². The lowest BCUT2D eigenvalue weighted by molar-refractivity contribution is 0.475. The van der Waals surface area contributed by atoms with E-state index in [1.165, 1.54) is 0 Å². The average Bonchev–Trinajstić information content (AvgIpc) is 3.17.